The lowest BCUT2D eigenvalue weighted by Crippen LogP contribution is -2.27. The van der Waals surface area contributed by atoms with Gasteiger partial charge in [-0.05, 0) is 29.9 Å². The molecule has 0 aromatic heterocycles. The van der Waals surface area contributed by atoms with Gasteiger partial charge in [-0.1, -0.05) is 72.1 Å². The van der Waals surface area contributed by atoms with Gasteiger partial charge in [0.15, 0.2) is 6.54 Å². The minimum Gasteiger partial charge on any atom is -0.299 e. The zero-order valence-electron chi connectivity index (χ0n) is 16.4. The monoisotopic (exact) mass is 338 g/mol. The van der Waals surface area contributed by atoms with E-state index in [4.69, 9.17) is 0 Å². The second kappa shape index (κ2) is 12.6. The van der Waals surface area contributed by atoms with E-state index in [2.05, 4.69) is 20.8 Å². The van der Waals surface area contributed by atoms with Crippen molar-refractivity contribution in [2.75, 3.05) is 13.1 Å². The van der Waals surface area contributed by atoms with Crippen molar-refractivity contribution in [1.29, 1.82) is 0 Å². The van der Waals surface area contributed by atoms with Crippen molar-refractivity contribution in [3.8, 4) is 0 Å². The van der Waals surface area contributed by atoms with Gasteiger partial charge < -0.3 is 0 Å². The predicted octanol–water partition coefficient (Wildman–Crippen LogP) is 5.94. The van der Waals surface area contributed by atoms with Gasteiger partial charge in [0.25, 0.3) is 0 Å². The van der Waals surface area contributed by atoms with Gasteiger partial charge in [-0.25, -0.2) is 0 Å². The van der Waals surface area contributed by atoms with Crippen molar-refractivity contribution >= 4 is 5.78 Å². The molecule has 24 heavy (non-hydrogen) atoms. The zero-order chi connectivity index (χ0) is 17.8. The summed E-state index contributed by atoms with van der Waals surface area (Å²) in [7, 11) is 0. The van der Waals surface area contributed by atoms with Crippen LogP contribution in [0.5, 0.6) is 0 Å². The number of Topliss-reactive ketones (excluding diaryl/α,β-unsaturated/α-hetero) is 1. The van der Waals surface area contributed by atoms with Crippen molar-refractivity contribution in [3.05, 3.63) is 4.91 Å². The number of carbonyl (C=O) groups is 1. The van der Waals surface area contributed by atoms with E-state index in [1.165, 1.54) is 51.4 Å². The first kappa shape index (κ1) is 21.3. The van der Waals surface area contributed by atoms with E-state index in [1.807, 2.05) is 0 Å². The van der Waals surface area contributed by atoms with E-state index in [0.717, 1.165) is 30.4 Å². The van der Waals surface area contributed by atoms with Gasteiger partial charge >= 0.3 is 0 Å². The Balaban J connectivity index is 2.24. The number of ketones is 1. The Hall–Kier alpha value is -0.730. The molecule has 3 heteroatoms. The maximum atomic E-state index is 12.6. The standard InChI is InChI=1S/C21H40NO2/c1-4-6-8-10-11-12-14-19-16-18(3)20(21(19)23)17-22(24)15-13-9-7-5-2/h18-20H,4-17H2,1-3H3/q+1. The molecule has 1 saturated carbocycles. The fourth-order valence-electron chi connectivity index (χ4n) is 4.04. The van der Waals surface area contributed by atoms with Crippen molar-refractivity contribution in [2.24, 2.45) is 17.8 Å². The summed E-state index contributed by atoms with van der Waals surface area (Å²) in [5.74, 6) is 0.976. The fraction of sp³-hybridized carbons (Fsp3) is 0.952. The first-order chi connectivity index (χ1) is 11.6. The summed E-state index contributed by atoms with van der Waals surface area (Å²) in [4.78, 5) is 24.7. The summed E-state index contributed by atoms with van der Waals surface area (Å²) in [5, 5.41) is 0. The highest BCUT2D eigenvalue weighted by Gasteiger charge is 2.42. The summed E-state index contributed by atoms with van der Waals surface area (Å²) in [6, 6.07) is 0. The lowest BCUT2D eigenvalue weighted by molar-refractivity contribution is -0.554. The van der Waals surface area contributed by atoms with Gasteiger partial charge in [0.2, 0.25) is 6.54 Å². The van der Waals surface area contributed by atoms with Crippen LogP contribution in [0.25, 0.3) is 0 Å². The Kier molecular flexibility index (Phi) is 11.2. The molecular weight excluding hydrogens is 298 g/mol. The second-order valence-electron chi connectivity index (χ2n) is 7.92. The number of nitroso groups, excluding NO2 is 1. The van der Waals surface area contributed by atoms with E-state index >= 15 is 0 Å². The van der Waals surface area contributed by atoms with Gasteiger partial charge in [-0.3, -0.25) is 4.79 Å². The van der Waals surface area contributed by atoms with Crippen LogP contribution in [0, 0.1) is 22.7 Å². The molecule has 0 spiro atoms. The first-order valence-electron chi connectivity index (χ1n) is 10.6. The largest absolute Gasteiger partial charge is 0.299 e. The molecule has 0 radical (unpaired) electrons. The molecule has 3 nitrogen and oxygen atoms in total. The molecule has 0 aliphatic heterocycles. The number of nitrogens with zero attached hydrogens (tertiary/aromatic N) is 1. The van der Waals surface area contributed by atoms with Gasteiger partial charge in [0.1, 0.15) is 5.78 Å². The van der Waals surface area contributed by atoms with Crippen LogP contribution < -0.4 is 0 Å². The smallest absolute Gasteiger partial charge is 0.201 e. The van der Waals surface area contributed by atoms with Crippen LogP contribution >= 0.6 is 0 Å². The molecular formula is C21H40NO2+. The fourth-order valence-corrected chi connectivity index (χ4v) is 4.04. The molecule has 0 bridgehead atoms. The van der Waals surface area contributed by atoms with E-state index in [0.29, 0.717) is 24.8 Å². The van der Waals surface area contributed by atoms with Gasteiger partial charge in [0.05, 0.1) is 5.92 Å². The van der Waals surface area contributed by atoms with Crippen LogP contribution in [0.1, 0.15) is 97.8 Å². The SMILES string of the molecule is CCCCCCCCC1CC(C)C(C[N+](=O)CCCCCC)C1=O. The highest BCUT2D eigenvalue weighted by Crippen LogP contribution is 2.36. The average molecular weight is 339 g/mol. The second-order valence-corrected chi connectivity index (χ2v) is 7.92. The lowest BCUT2D eigenvalue weighted by atomic mass is 9.96. The number of hydrogen-bond donors (Lipinski definition) is 0. The molecule has 1 aliphatic rings. The lowest BCUT2D eigenvalue weighted by Gasteiger charge is -2.09. The molecule has 0 N–H and O–H groups in total. The predicted molar refractivity (Wildman–Crippen MR) is 101 cm³/mol. The Morgan fingerprint density at radius 2 is 1.50 bits per heavy atom. The maximum Gasteiger partial charge on any atom is 0.201 e. The molecule has 0 aromatic carbocycles. The molecule has 3 unspecified atom stereocenters. The van der Waals surface area contributed by atoms with Crippen LogP contribution in [-0.4, -0.2) is 23.6 Å². The third kappa shape index (κ3) is 7.90. The summed E-state index contributed by atoms with van der Waals surface area (Å²) in [6.45, 7) is 7.60. The summed E-state index contributed by atoms with van der Waals surface area (Å²) in [5.41, 5.74) is 0. The van der Waals surface area contributed by atoms with Crippen molar-refractivity contribution in [3.63, 3.8) is 0 Å². The molecule has 1 fully saturated rings. The Labute approximate surface area is 149 Å². The van der Waals surface area contributed by atoms with E-state index in [1.54, 1.807) is 0 Å². The summed E-state index contributed by atoms with van der Waals surface area (Å²) < 4.78 is 1.15. The number of hydrogen-bond acceptors (Lipinski definition) is 2. The highest BCUT2D eigenvalue weighted by molar-refractivity contribution is 5.85. The number of unbranched alkanes of at least 4 members (excludes halogenated alkanes) is 8. The van der Waals surface area contributed by atoms with Crippen molar-refractivity contribution in [2.45, 2.75) is 97.8 Å². The third-order valence-electron chi connectivity index (χ3n) is 5.68. The zero-order valence-corrected chi connectivity index (χ0v) is 16.4. The molecule has 0 heterocycles. The topological polar surface area (TPSA) is 37.1 Å². The third-order valence-corrected chi connectivity index (χ3v) is 5.68. The molecule has 0 saturated heterocycles. The Bertz CT molecular complexity index is 367. The highest BCUT2D eigenvalue weighted by atomic mass is 16.3. The Morgan fingerprint density at radius 1 is 0.917 bits per heavy atom. The van der Waals surface area contributed by atoms with Gasteiger partial charge in [0, 0.05) is 17.2 Å². The quantitative estimate of drug-likeness (QED) is 0.290. The van der Waals surface area contributed by atoms with E-state index in [9.17, 15) is 9.70 Å². The van der Waals surface area contributed by atoms with Gasteiger partial charge in [-0.15, -0.1) is 0 Å². The Morgan fingerprint density at radius 3 is 2.17 bits per heavy atom. The van der Waals surface area contributed by atoms with Crippen LogP contribution in [0.4, 0.5) is 0 Å². The minimum atomic E-state index is -0.0150. The van der Waals surface area contributed by atoms with Crippen LogP contribution in [0.2, 0.25) is 0 Å². The van der Waals surface area contributed by atoms with Crippen LogP contribution in [-0.2, 0) is 4.79 Å². The summed E-state index contributed by atoms with van der Waals surface area (Å²) in [6.07, 6.45) is 14.2. The van der Waals surface area contributed by atoms with Crippen molar-refractivity contribution < 1.29 is 9.55 Å². The van der Waals surface area contributed by atoms with E-state index < -0.39 is 0 Å². The van der Waals surface area contributed by atoms with Crippen LogP contribution in [0.3, 0.4) is 0 Å². The average Bonchev–Trinajstić information content (AvgIpc) is 2.82. The number of carbonyl (C=O) groups excluding carboxylic acids is 1. The van der Waals surface area contributed by atoms with Crippen molar-refractivity contribution in [1.82, 2.24) is 0 Å². The first-order valence-corrected chi connectivity index (χ1v) is 10.6. The molecule has 0 aromatic rings. The normalized spacial score (nSPS) is 23.8. The van der Waals surface area contributed by atoms with Gasteiger partial charge in [-0.2, -0.15) is 0 Å². The molecule has 1 aliphatic carbocycles. The summed E-state index contributed by atoms with van der Waals surface area (Å²) >= 11 is 0. The molecule has 1 rings (SSSR count). The number of rotatable bonds is 14. The van der Waals surface area contributed by atoms with Crippen LogP contribution in [0.15, 0.2) is 0 Å². The molecule has 140 valence electrons. The van der Waals surface area contributed by atoms with E-state index in [-0.39, 0.29) is 11.8 Å². The molecule has 3 atom stereocenters. The maximum absolute atomic E-state index is 12.6. The molecule has 0 amide bonds. The minimum absolute atomic E-state index is 0.0150.